The number of urea groups is 1. The van der Waals surface area contributed by atoms with E-state index in [9.17, 15) is 13.6 Å². The molecule has 1 atom stereocenters. The van der Waals surface area contributed by atoms with Crippen molar-refractivity contribution >= 4 is 11.8 Å². The van der Waals surface area contributed by atoms with E-state index < -0.39 is 17.7 Å². The second kappa shape index (κ2) is 13.1. The number of para-hydroxylation sites is 1. The molecule has 4 rings (SSSR count). The zero-order valence-corrected chi connectivity index (χ0v) is 20.6. The molecule has 0 radical (unpaired) electrons. The van der Waals surface area contributed by atoms with Gasteiger partial charge in [-0.2, -0.15) is 5.10 Å². The fourth-order valence-corrected chi connectivity index (χ4v) is 4.20. The number of primary amides is 1. The number of aliphatic hydroxyl groups excluding tert-OH is 1. The summed E-state index contributed by atoms with van der Waals surface area (Å²) in [5.41, 5.74) is 8.43. The van der Waals surface area contributed by atoms with E-state index in [0.717, 1.165) is 48.6 Å². The lowest BCUT2D eigenvalue weighted by atomic mass is 9.98. The van der Waals surface area contributed by atoms with E-state index in [1.165, 1.54) is 12.1 Å². The SMILES string of the molecule is COCCN1CCC(c2ccc(F)c(F)c2)C1.Cc1c(CCO)nn(-c2ccccc2)c1NC(N)=O. The summed E-state index contributed by atoms with van der Waals surface area (Å²) in [4.78, 5) is 13.4. The first-order valence-corrected chi connectivity index (χ1v) is 11.8. The van der Waals surface area contributed by atoms with Crippen LogP contribution in [0.3, 0.4) is 0 Å². The van der Waals surface area contributed by atoms with Crippen LogP contribution in [-0.4, -0.2) is 65.8 Å². The third-order valence-corrected chi connectivity index (χ3v) is 6.11. The Kier molecular flexibility index (Phi) is 9.92. The van der Waals surface area contributed by atoms with Crippen molar-refractivity contribution in [3.05, 3.63) is 77.0 Å². The molecular formula is C26H33F2N5O3. The third-order valence-electron chi connectivity index (χ3n) is 6.11. The molecule has 0 spiro atoms. The highest BCUT2D eigenvalue weighted by Gasteiger charge is 2.24. The van der Waals surface area contributed by atoms with E-state index in [1.54, 1.807) is 17.9 Å². The molecule has 1 fully saturated rings. The molecule has 8 nitrogen and oxygen atoms in total. The summed E-state index contributed by atoms with van der Waals surface area (Å²) in [6.07, 6.45) is 1.42. The number of aromatic nitrogens is 2. The number of aliphatic hydroxyl groups is 1. The Hall–Kier alpha value is -3.34. The number of nitrogens with one attached hydrogen (secondary N) is 1. The van der Waals surface area contributed by atoms with Crippen LogP contribution in [0.15, 0.2) is 48.5 Å². The van der Waals surface area contributed by atoms with Crippen LogP contribution in [0, 0.1) is 18.6 Å². The van der Waals surface area contributed by atoms with E-state index in [2.05, 4.69) is 15.3 Å². The maximum Gasteiger partial charge on any atom is 0.317 e. The van der Waals surface area contributed by atoms with Crippen LogP contribution in [-0.2, 0) is 11.2 Å². The summed E-state index contributed by atoms with van der Waals surface area (Å²) in [6, 6.07) is 13.0. The molecule has 3 aromatic rings. The van der Waals surface area contributed by atoms with Gasteiger partial charge in [0.1, 0.15) is 5.82 Å². The Bertz CT molecular complexity index is 1140. The van der Waals surface area contributed by atoms with Crippen LogP contribution in [0.2, 0.25) is 0 Å². The molecule has 194 valence electrons. The van der Waals surface area contributed by atoms with Crippen molar-refractivity contribution in [3.8, 4) is 5.69 Å². The molecule has 1 aliphatic heterocycles. The van der Waals surface area contributed by atoms with Gasteiger partial charge in [0.25, 0.3) is 0 Å². The van der Waals surface area contributed by atoms with Crippen molar-refractivity contribution in [2.45, 2.75) is 25.7 Å². The first-order valence-electron chi connectivity index (χ1n) is 11.8. The second-order valence-corrected chi connectivity index (χ2v) is 8.58. The molecule has 4 N–H and O–H groups in total. The maximum atomic E-state index is 13.1. The smallest absolute Gasteiger partial charge is 0.317 e. The van der Waals surface area contributed by atoms with Gasteiger partial charge in [-0.05, 0) is 55.6 Å². The van der Waals surface area contributed by atoms with Crippen molar-refractivity contribution in [1.29, 1.82) is 0 Å². The van der Waals surface area contributed by atoms with Crippen LogP contribution in [0.1, 0.15) is 29.2 Å². The summed E-state index contributed by atoms with van der Waals surface area (Å²) < 4.78 is 32.6. The summed E-state index contributed by atoms with van der Waals surface area (Å²) >= 11 is 0. The van der Waals surface area contributed by atoms with Crippen LogP contribution < -0.4 is 11.1 Å². The average Bonchev–Trinajstić information content (AvgIpc) is 3.46. The van der Waals surface area contributed by atoms with Gasteiger partial charge in [0.05, 0.1) is 18.0 Å². The molecule has 0 saturated carbocycles. The minimum Gasteiger partial charge on any atom is -0.396 e. The number of nitrogens with zero attached hydrogens (tertiary/aromatic N) is 3. The summed E-state index contributed by atoms with van der Waals surface area (Å²) in [6.45, 7) is 5.34. The van der Waals surface area contributed by atoms with Gasteiger partial charge in [-0.15, -0.1) is 0 Å². The monoisotopic (exact) mass is 501 g/mol. The number of likely N-dealkylation sites (tertiary alicyclic amines) is 1. The number of halogens is 2. The molecule has 0 aliphatic carbocycles. The van der Waals surface area contributed by atoms with E-state index in [1.807, 2.05) is 37.3 Å². The first kappa shape index (κ1) is 27.3. The highest BCUT2D eigenvalue weighted by molar-refractivity contribution is 5.88. The molecule has 1 aromatic heterocycles. The molecular weight excluding hydrogens is 468 g/mol. The van der Waals surface area contributed by atoms with Crippen LogP contribution in [0.4, 0.5) is 19.4 Å². The second-order valence-electron chi connectivity index (χ2n) is 8.58. The van der Waals surface area contributed by atoms with Crippen molar-refractivity contribution in [2.75, 3.05) is 45.3 Å². The number of hydrogen-bond donors (Lipinski definition) is 3. The number of nitrogens with two attached hydrogens (primary N) is 1. The average molecular weight is 502 g/mol. The summed E-state index contributed by atoms with van der Waals surface area (Å²) in [5, 5.41) is 16.0. The van der Waals surface area contributed by atoms with Crippen molar-refractivity contribution in [3.63, 3.8) is 0 Å². The van der Waals surface area contributed by atoms with Gasteiger partial charge < -0.3 is 20.5 Å². The quantitative estimate of drug-likeness (QED) is 0.437. The number of methoxy groups -OCH3 is 1. The standard InChI is InChI=1S/C13H17F2NO.C13H16N4O2/c1-17-7-6-16-5-4-11(9-16)10-2-3-12(14)13(15)8-10;1-9-11(7-8-18)16-17(12(9)15-13(14)19)10-5-3-2-4-6-10/h2-3,8,11H,4-7,9H2,1H3;2-6,18H,7-8H2,1H3,(H3,14,15,19). The molecule has 1 aliphatic rings. The van der Waals surface area contributed by atoms with Gasteiger partial charge in [-0.25, -0.2) is 18.3 Å². The molecule has 1 unspecified atom stereocenters. The van der Waals surface area contributed by atoms with Gasteiger partial charge in [-0.1, -0.05) is 24.3 Å². The Morgan fingerprint density at radius 3 is 2.61 bits per heavy atom. The van der Waals surface area contributed by atoms with Crippen molar-refractivity contribution < 1.29 is 23.4 Å². The van der Waals surface area contributed by atoms with E-state index in [-0.39, 0.29) is 6.61 Å². The molecule has 2 amide bonds. The molecule has 1 saturated heterocycles. The Morgan fingerprint density at radius 2 is 1.97 bits per heavy atom. The lowest BCUT2D eigenvalue weighted by molar-refractivity contribution is 0.160. The van der Waals surface area contributed by atoms with Crippen LogP contribution in [0.25, 0.3) is 5.69 Å². The van der Waals surface area contributed by atoms with Crippen LogP contribution in [0.5, 0.6) is 0 Å². The van der Waals surface area contributed by atoms with Gasteiger partial charge in [0.15, 0.2) is 11.6 Å². The van der Waals surface area contributed by atoms with E-state index in [0.29, 0.717) is 24.8 Å². The van der Waals surface area contributed by atoms with Crippen molar-refractivity contribution in [2.24, 2.45) is 5.73 Å². The number of carbonyl (C=O) groups excluding carboxylic acids is 1. The number of ether oxygens (including phenoxy) is 1. The van der Waals surface area contributed by atoms with Crippen molar-refractivity contribution in [1.82, 2.24) is 14.7 Å². The minimum atomic E-state index is -0.775. The largest absolute Gasteiger partial charge is 0.396 e. The molecule has 2 aromatic carbocycles. The number of rotatable bonds is 8. The lowest BCUT2D eigenvalue weighted by Crippen LogP contribution is -2.24. The van der Waals surface area contributed by atoms with E-state index >= 15 is 0 Å². The number of amides is 2. The molecule has 2 heterocycles. The lowest BCUT2D eigenvalue weighted by Gasteiger charge is -2.15. The van der Waals surface area contributed by atoms with Gasteiger partial charge in [0, 0.05) is 38.8 Å². The normalized spacial score (nSPS) is 15.4. The van der Waals surface area contributed by atoms with Gasteiger partial charge in [0.2, 0.25) is 0 Å². The van der Waals surface area contributed by atoms with Crippen LogP contribution >= 0.6 is 0 Å². The highest BCUT2D eigenvalue weighted by Crippen LogP contribution is 2.28. The number of benzene rings is 2. The maximum absolute atomic E-state index is 13.1. The Labute approximate surface area is 209 Å². The van der Waals surface area contributed by atoms with Gasteiger partial charge >= 0.3 is 6.03 Å². The topological polar surface area (TPSA) is 106 Å². The summed E-state index contributed by atoms with van der Waals surface area (Å²) in [7, 11) is 1.68. The predicted molar refractivity (Wildman–Crippen MR) is 134 cm³/mol. The fraction of sp³-hybridized carbons (Fsp3) is 0.385. The minimum absolute atomic E-state index is 0.00263. The first-order chi connectivity index (χ1) is 17.3. The number of hydrogen-bond acceptors (Lipinski definition) is 5. The Morgan fingerprint density at radius 1 is 1.22 bits per heavy atom. The molecule has 10 heteroatoms. The van der Waals surface area contributed by atoms with Gasteiger partial charge in [-0.3, -0.25) is 5.32 Å². The third kappa shape index (κ3) is 7.09. The predicted octanol–water partition coefficient (Wildman–Crippen LogP) is 3.61. The number of carbonyl (C=O) groups is 1. The molecule has 36 heavy (non-hydrogen) atoms. The highest BCUT2D eigenvalue weighted by atomic mass is 19.2. The number of anilines is 1. The zero-order chi connectivity index (χ0) is 26.1. The Balaban J connectivity index is 0.000000202. The summed E-state index contributed by atoms with van der Waals surface area (Å²) in [5.74, 6) is -0.690. The fourth-order valence-electron chi connectivity index (χ4n) is 4.20. The zero-order valence-electron chi connectivity index (χ0n) is 20.6. The van der Waals surface area contributed by atoms with E-state index in [4.69, 9.17) is 15.6 Å². The molecule has 0 bridgehead atoms.